The summed E-state index contributed by atoms with van der Waals surface area (Å²) >= 11 is 17.1. The van der Waals surface area contributed by atoms with Crippen LogP contribution >= 0.6 is 34.8 Å². The lowest BCUT2D eigenvalue weighted by atomic mass is 10.3. The van der Waals surface area contributed by atoms with Crippen LogP contribution in [0, 0.1) is 0 Å². The molecule has 0 bridgehead atoms. The van der Waals surface area contributed by atoms with Gasteiger partial charge in [0.15, 0.2) is 0 Å². The molecular formula is C11H7Cl3N2O2. The van der Waals surface area contributed by atoms with Crippen LogP contribution in [0.3, 0.4) is 0 Å². The van der Waals surface area contributed by atoms with Crippen LogP contribution in [0.25, 0.3) is 0 Å². The Balaban J connectivity index is 2.18. The largest absolute Gasteiger partial charge is 0.506 e. The van der Waals surface area contributed by atoms with E-state index in [9.17, 15) is 9.90 Å². The first-order chi connectivity index (χ1) is 8.47. The van der Waals surface area contributed by atoms with Gasteiger partial charge in [0.05, 0.1) is 10.0 Å². The number of anilines is 1. The van der Waals surface area contributed by atoms with Crippen LogP contribution in [0.1, 0.15) is 10.5 Å². The van der Waals surface area contributed by atoms with Gasteiger partial charge in [0.25, 0.3) is 5.91 Å². The zero-order chi connectivity index (χ0) is 13.3. The van der Waals surface area contributed by atoms with Crippen molar-refractivity contribution in [3.05, 3.63) is 45.2 Å². The van der Waals surface area contributed by atoms with Crippen LogP contribution < -0.4 is 5.32 Å². The molecule has 3 N–H and O–H groups in total. The van der Waals surface area contributed by atoms with Crippen molar-refractivity contribution in [2.24, 2.45) is 0 Å². The quantitative estimate of drug-likeness (QED) is 0.736. The predicted octanol–water partition coefficient (Wildman–Crippen LogP) is 3.93. The molecule has 0 aliphatic heterocycles. The molecule has 18 heavy (non-hydrogen) atoms. The van der Waals surface area contributed by atoms with E-state index in [0.717, 1.165) is 0 Å². The lowest BCUT2D eigenvalue weighted by molar-refractivity contribution is 0.102. The normalized spacial score (nSPS) is 10.4. The molecule has 2 aromatic rings. The molecule has 94 valence electrons. The van der Waals surface area contributed by atoms with Crippen LogP contribution in [0.4, 0.5) is 5.69 Å². The van der Waals surface area contributed by atoms with E-state index in [2.05, 4.69) is 10.3 Å². The van der Waals surface area contributed by atoms with Gasteiger partial charge in [-0.05, 0) is 24.3 Å². The van der Waals surface area contributed by atoms with E-state index < -0.39 is 5.91 Å². The van der Waals surface area contributed by atoms with E-state index in [4.69, 9.17) is 34.8 Å². The van der Waals surface area contributed by atoms with Crippen molar-refractivity contribution in [1.82, 2.24) is 4.98 Å². The first-order valence-electron chi connectivity index (χ1n) is 4.81. The fourth-order valence-corrected chi connectivity index (χ4v) is 1.80. The summed E-state index contributed by atoms with van der Waals surface area (Å²) < 4.78 is 0. The molecule has 0 aliphatic rings. The van der Waals surface area contributed by atoms with Gasteiger partial charge >= 0.3 is 0 Å². The molecule has 7 heteroatoms. The van der Waals surface area contributed by atoms with E-state index in [-0.39, 0.29) is 26.6 Å². The number of amides is 1. The SMILES string of the molecule is O=C(Nc1ccc(O)c(Cl)c1)c1cc(Cl)c(Cl)[nH]1. The number of phenols is 1. The zero-order valence-corrected chi connectivity index (χ0v) is 11.1. The lowest BCUT2D eigenvalue weighted by Crippen LogP contribution is -2.12. The molecule has 0 saturated heterocycles. The van der Waals surface area contributed by atoms with Crippen LogP contribution in [0.5, 0.6) is 5.75 Å². The number of benzene rings is 1. The highest BCUT2D eigenvalue weighted by atomic mass is 35.5. The van der Waals surface area contributed by atoms with Gasteiger partial charge in [-0.3, -0.25) is 4.79 Å². The number of aromatic amines is 1. The van der Waals surface area contributed by atoms with E-state index in [1.807, 2.05) is 0 Å². The van der Waals surface area contributed by atoms with Crippen LogP contribution in [-0.4, -0.2) is 16.0 Å². The zero-order valence-electron chi connectivity index (χ0n) is 8.80. The topological polar surface area (TPSA) is 65.1 Å². The van der Waals surface area contributed by atoms with E-state index >= 15 is 0 Å². The van der Waals surface area contributed by atoms with Crippen molar-refractivity contribution in [2.45, 2.75) is 0 Å². The number of H-pyrrole nitrogens is 1. The highest BCUT2D eigenvalue weighted by Crippen LogP contribution is 2.27. The summed E-state index contributed by atoms with van der Waals surface area (Å²) in [7, 11) is 0. The molecule has 1 aromatic heterocycles. The van der Waals surface area contributed by atoms with Gasteiger partial charge in [0, 0.05) is 5.69 Å². The Morgan fingerprint density at radius 1 is 1.17 bits per heavy atom. The molecule has 1 heterocycles. The minimum absolute atomic E-state index is 0.0550. The molecule has 0 spiro atoms. The van der Waals surface area contributed by atoms with Crippen molar-refractivity contribution < 1.29 is 9.90 Å². The number of hydrogen-bond acceptors (Lipinski definition) is 2. The summed E-state index contributed by atoms with van der Waals surface area (Å²) in [6, 6.07) is 5.75. The molecule has 0 saturated carbocycles. The Hall–Kier alpha value is -1.36. The standard InChI is InChI=1S/C11H7Cl3N2O2/c12-6-3-5(1-2-9(6)17)15-11(18)8-4-7(13)10(14)16-8/h1-4,16-17H,(H,15,18). The minimum atomic E-state index is -0.412. The maximum Gasteiger partial charge on any atom is 0.272 e. The fraction of sp³-hybridized carbons (Fsp3) is 0. The first kappa shape index (κ1) is 13.1. The Labute approximate surface area is 117 Å². The van der Waals surface area contributed by atoms with Crippen molar-refractivity contribution >= 4 is 46.4 Å². The minimum Gasteiger partial charge on any atom is -0.506 e. The molecule has 0 unspecified atom stereocenters. The molecule has 2 rings (SSSR count). The third-order valence-electron chi connectivity index (χ3n) is 2.18. The third-order valence-corrected chi connectivity index (χ3v) is 3.17. The van der Waals surface area contributed by atoms with Gasteiger partial charge in [-0.1, -0.05) is 34.8 Å². The number of nitrogens with one attached hydrogen (secondary N) is 2. The number of rotatable bonds is 2. The maximum atomic E-state index is 11.8. The Morgan fingerprint density at radius 2 is 1.89 bits per heavy atom. The number of carbonyl (C=O) groups excluding carboxylic acids is 1. The first-order valence-corrected chi connectivity index (χ1v) is 5.94. The third kappa shape index (κ3) is 2.72. The van der Waals surface area contributed by atoms with Gasteiger partial charge in [0.2, 0.25) is 0 Å². The molecule has 0 atom stereocenters. The second-order valence-corrected chi connectivity index (χ2v) is 4.66. The average molecular weight is 306 g/mol. The summed E-state index contributed by atoms with van der Waals surface area (Å²) in [5.74, 6) is -0.466. The number of halogens is 3. The molecule has 0 fully saturated rings. The summed E-state index contributed by atoms with van der Waals surface area (Å²) in [6.07, 6.45) is 0. The number of aromatic hydroxyl groups is 1. The molecule has 4 nitrogen and oxygen atoms in total. The van der Waals surface area contributed by atoms with Gasteiger partial charge in [-0.25, -0.2) is 0 Å². The van der Waals surface area contributed by atoms with Crippen LogP contribution in [0.2, 0.25) is 15.2 Å². The smallest absolute Gasteiger partial charge is 0.272 e. The highest BCUT2D eigenvalue weighted by Gasteiger charge is 2.12. The molecule has 1 aromatic carbocycles. The van der Waals surface area contributed by atoms with E-state index in [1.54, 1.807) is 0 Å². The predicted molar refractivity (Wildman–Crippen MR) is 71.9 cm³/mol. The maximum absolute atomic E-state index is 11.8. The summed E-state index contributed by atoms with van der Waals surface area (Å²) in [5, 5.41) is 12.4. The Kier molecular flexibility index (Phi) is 3.71. The molecule has 0 aliphatic carbocycles. The van der Waals surface area contributed by atoms with Gasteiger partial charge in [0.1, 0.15) is 16.6 Å². The number of carbonyl (C=O) groups is 1. The summed E-state index contributed by atoms with van der Waals surface area (Å²) in [6.45, 7) is 0. The summed E-state index contributed by atoms with van der Waals surface area (Å²) in [5.41, 5.74) is 0.679. The van der Waals surface area contributed by atoms with Crippen LogP contribution in [0.15, 0.2) is 24.3 Å². The van der Waals surface area contributed by atoms with Gasteiger partial charge in [-0.2, -0.15) is 0 Å². The Morgan fingerprint density at radius 3 is 2.44 bits per heavy atom. The summed E-state index contributed by atoms with van der Waals surface area (Å²) in [4.78, 5) is 14.4. The van der Waals surface area contributed by atoms with Crippen molar-refractivity contribution in [1.29, 1.82) is 0 Å². The van der Waals surface area contributed by atoms with E-state index in [1.165, 1.54) is 24.3 Å². The Bertz CT molecular complexity index is 591. The molecule has 1 amide bonds. The van der Waals surface area contributed by atoms with Crippen molar-refractivity contribution in [3.63, 3.8) is 0 Å². The fourth-order valence-electron chi connectivity index (χ4n) is 1.31. The lowest BCUT2D eigenvalue weighted by Gasteiger charge is -2.04. The monoisotopic (exact) mass is 304 g/mol. The van der Waals surface area contributed by atoms with Gasteiger partial charge in [-0.15, -0.1) is 0 Å². The van der Waals surface area contributed by atoms with E-state index in [0.29, 0.717) is 5.69 Å². The number of hydrogen-bond donors (Lipinski definition) is 3. The second kappa shape index (κ2) is 5.10. The van der Waals surface area contributed by atoms with Gasteiger partial charge < -0.3 is 15.4 Å². The van der Waals surface area contributed by atoms with Crippen LogP contribution in [-0.2, 0) is 0 Å². The average Bonchev–Trinajstić information content (AvgIpc) is 2.65. The highest BCUT2D eigenvalue weighted by molar-refractivity contribution is 6.41. The number of aromatic nitrogens is 1. The molecular weight excluding hydrogens is 298 g/mol. The molecule has 0 radical (unpaired) electrons. The van der Waals surface area contributed by atoms with Crippen molar-refractivity contribution in [2.75, 3.05) is 5.32 Å². The number of phenolic OH excluding ortho intramolecular Hbond substituents is 1. The van der Waals surface area contributed by atoms with Crippen molar-refractivity contribution in [3.8, 4) is 5.75 Å². The second-order valence-electron chi connectivity index (χ2n) is 3.47.